The molecule has 28 heavy (non-hydrogen) atoms. The molecule has 0 radical (unpaired) electrons. The molecule has 4 rings (SSSR count). The first-order valence-corrected chi connectivity index (χ1v) is 8.78. The van der Waals surface area contributed by atoms with E-state index in [0.717, 1.165) is 28.1 Å². The Kier molecular flexibility index (Phi) is 4.72. The second-order valence-electron chi connectivity index (χ2n) is 6.30. The Hall–Kier alpha value is -3.74. The Labute approximate surface area is 161 Å². The molecule has 0 spiro atoms. The molecule has 142 valence electrons. The summed E-state index contributed by atoms with van der Waals surface area (Å²) in [6, 6.07) is 13.3. The number of nitrogens with zero attached hydrogens (tertiary/aromatic N) is 3. The zero-order valence-electron chi connectivity index (χ0n) is 15.6. The van der Waals surface area contributed by atoms with Gasteiger partial charge in [0.25, 0.3) is 0 Å². The number of benzene rings is 2. The number of imidazole rings is 1. The predicted molar refractivity (Wildman–Crippen MR) is 106 cm³/mol. The summed E-state index contributed by atoms with van der Waals surface area (Å²) in [5.41, 5.74) is 3.43. The van der Waals surface area contributed by atoms with Gasteiger partial charge in [0.1, 0.15) is 11.5 Å². The number of nitrogens with one attached hydrogen (secondary N) is 1. The van der Waals surface area contributed by atoms with Crippen LogP contribution in [-0.2, 0) is 6.54 Å². The predicted octanol–water partition coefficient (Wildman–Crippen LogP) is 3.09. The Bertz CT molecular complexity index is 1140. The fourth-order valence-corrected chi connectivity index (χ4v) is 3.16. The molecule has 0 saturated carbocycles. The standard InChI is InChI=1S/C21H20N4O3/c1-27-18-5-3-4-15(10-18)14-24-8-9-25(21(24)26)17-6-7-19(20(11-17)28-2)16-12-22-23-13-16/h3-13H,14H2,1-2H3,(H,22,23). The van der Waals surface area contributed by atoms with Gasteiger partial charge in [-0.2, -0.15) is 5.10 Å². The van der Waals surface area contributed by atoms with Crippen LogP contribution in [0.2, 0.25) is 0 Å². The molecule has 0 aliphatic rings. The molecule has 0 bridgehead atoms. The molecule has 0 amide bonds. The molecule has 0 aliphatic heterocycles. The molecule has 1 N–H and O–H groups in total. The highest BCUT2D eigenvalue weighted by molar-refractivity contribution is 5.71. The number of aromatic nitrogens is 4. The van der Waals surface area contributed by atoms with Crippen LogP contribution in [0.5, 0.6) is 11.5 Å². The molecular weight excluding hydrogens is 356 g/mol. The minimum absolute atomic E-state index is 0.124. The van der Waals surface area contributed by atoms with Gasteiger partial charge < -0.3 is 9.47 Å². The van der Waals surface area contributed by atoms with Crippen LogP contribution in [0.1, 0.15) is 5.56 Å². The van der Waals surface area contributed by atoms with Gasteiger partial charge >= 0.3 is 5.69 Å². The first kappa shape index (κ1) is 17.7. The van der Waals surface area contributed by atoms with Crippen LogP contribution >= 0.6 is 0 Å². The van der Waals surface area contributed by atoms with Crippen molar-refractivity contribution in [2.24, 2.45) is 0 Å². The summed E-state index contributed by atoms with van der Waals surface area (Å²) in [6.07, 6.45) is 7.07. The van der Waals surface area contributed by atoms with E-state index in [2.05, 4.69) is 10.2 Å². The third-order valence-electron chi connectivity index (χ3n) is 4.61. The van der Waals surface area contributed by atoms with E-state index < -0.39 is 0 Å². The summed E-state index contributed by atoms with van der Waals surface area (Å²) in [5.74, 6) is 1.44. The lowest BCUT2D eigenvalue weighted by Crippen LogP contribution is -2.23. The number of H-pyrrole nitrogens is 1. The monoisotopic (exact) mass is 376 g/mol. The molecule has 7 heteroatoms. The summed E-state index contributed by atoms with van der Waals surface area (Å²) in [5, 5.41) is 6.77. The molecule has 0 aliphatic carbocycles. The lowest BCUT2D eigenvalue weighted by atomic mass is 10.1. The van der Waals surface area contributed by atoms with Crippen LogP contribution in [0.15, 0.2) is 72.0 Å². The fourth-order valence-electron chi connectivity index (χ4n) is 3.16. The van der Waals surface area contributed by atoms with E-state index in [1.165, 1.54) is 0 Å². The maximum Gasteiger partial charge on any atom is 0.333 e. The van der Waals surface area contributed by atoms with Gasteiger partial charge in [0.05, 0.1) is 32.6 Å². The van der Waals surface area contributed by atoms with E-state index in [1.807, 2.05) is 42.5 Å². The number of ether oxygens (including phenoxy) is 2. The molecule has 2 heterocycles. The van der Waals surface area contributed by atoms with Crippen molar-refractivity contribution in [2.75, 3.05) is 14.2 Å². The van der Waals surface area contributed by atoms with Crippen LogP contribution in [-0.4, -0.2) is 33.6 Å². The molecular formula is C21H20N4O3. The van der Waals surface area contributed by atoms with Crippen molar-refractivity contribution in [3.05, 3.63) is 83.3 Å². The lowest BCUT2D eigenvalue weighted by molar-refractivity contribution is 0.414. The van der Waals surface area contributed by atoms with E-state index in [9.17, 15) is 4.79 Å². The Morgan fingerprint density at radius 2 is 1.96 bits per heavy atom. The van der Waals surface area contributed by atoms with E-state index in [4.69, 9.17) is 9.47 Å². The van der Waals surface area contributed by atoms with Gasteiger partial charge in [0, 0.05) is 35.8 Å². The van der Waals surface area contributed by atoms with Crippen molar-refractivity contribution in [3.63, 3.8) is 0 Å². The minimum Gasteiger partial charge on any atom is -0.497 e. The highest BCUT2D eigenvalue weighted by Gasteiger charge is 2.12. The third kappa shape index (κ3) is 3.29. The molecule has 4 aromatic rings. The van der Waals surface area contributed by atoms with Crippen LogP contribution in [0, 0.1) is 0 Å². The van der Waals surface area contributed by atoms with Gasteiger partial charge in [-0.25, -0.2) is 4.79 Å². The van der Waals surface area contributed by atoms with Crippen molar-refractivity contribution >= 4 is 0 Å². The highest BCUT2D eigenvalue weighted by atomic mass is 16.5. The Balaban J connectivity index is 1.66. The van der Waals surface area contributed by atoms with Crippen molar-refractivity contribution in [2.45, 2.75) is 6.54 Å². The van der Waals surface area contributed by atoms with Crippen LogP contribution < -0.4 is 15.2 Å². The zero-order valence-corrected chi connectivity index (χ0v) is 15.6. The average Bonchev–Trinajstić information content (AvgIpc) is 3.38. The Morgan fingerprint density at radius 1 is 1.07 bits per heavy atom. The topological polar surface area (TPSA) is 74.1 Å². The normalized spacial score (nSPS) is 10.8. The molecule has 0 saturated heterocycles. The summed E-state index contributed by atoms with van der Waals surface area (Å²) in [4.78, 5) is 12.9. The maximum atomic E-state index is 12.9. The van der Waals surface area contributed by atoms with Gasteiger partial charge in [-0.05, 0) is 29.8 Å². The smallest absolute Gasteiger partial charge is 0.333 e. The third-order valence-corrected chi connectivity index (χ3v) is 4.61. The second kappa shape index (κ2) is 7.48. The maximum absolute atomic E-state index is 12.9. The fraction of sp³-hybridized carbons (Fsp3) is 0.143. The molecule has 7 nitrogen and oxygen atoms in total. The number of hydrogen-bond acceptors (Lipinski definition) is 4. The molecule has 0 fully saturated rings. The molecule has 0 atom stereocenters. The largest absolute Gasteiger partial charge is 0.497 e. The zero-order chi connectivity index (χ0) is 19.5. The van der Waals surface area contributed by atoms with Crippen molar-refractivity contribution in [1.29, 1.82) is 0 Å². The number of hydrogen-bond donors (Lipinski definition) is 1. The van der Waals surface area contributed by atoms with Crippen molar-refractivity contribution in [3.8, 4) is 28.3 Å². The van der Waals surface area contributed by atoms with Crippen LogP contribution in [0.4, 0.5) is 0 Å². The number of rotatable bonds is 6. The van der Waals surface area contributed by atoms with Gasteiger partial charge in [-0.15, -0.1) is 0 Å². The van der Waals surface area contributed by atoms with E-state index >= 15 is 0 Å². The number of methoxy groups -OCH3 is 2. The van der Waals surface area contributed by atoms with Gasteiger partial charge in [-0.1, -0.05) is 12.1 Å². The van der Waals surface area contributed by atoms with Crippen LogP contribution in [0.25, 0.3) is 16.8 Å². The summed E-state index contributed by atoms with van der Waals surface area (Å²) in [6.45, 7) is 0.466. The lowest BCUT2D eigenvalue weighted by Gasteiger charge is -2.10. The quantitative estimate of drug-likeness (QED) is 0.561. The first-order valence-electron chi connectivity index (χ1n) is 8.78. The van der Waals surface area contributed by atoms with E-state index in [1.54, 1.807) is 48.1 Å². The highest BCUT2D eigenvalue weighted by Crippen LogP contribution is 2.31. The summed E-state index contributed by atoms with van der Waals surface area (Å²) in [7, 11) is 3.24. The van der Waals surface area contributed by atoms with Crippen LogP contribution in [0.3, 0.4) is 0 Å². The SMILES string of the molecule is COc1cccc(Cn2ccn(-c3ccc(-c4cn[nH]c4)c(OC)c3)c2=O)c1. The second-order valence-corrected chi connectivity index (χ2v) is 6.30. The van der Waals surface area contributed by atoms with Crippen molar-refractivity contribution < 1.29 is 9.47 Å². The van der Waals surface area contributed by atoms with E-state index in [0.29, 0.717) is 12.3 Å². The minimum atomic E-state index is -0.124. The van der Waals surface area contributed by atoms with Gasteiger partial charge in [0.15, 0.2) is 0 Å². The van der Waals surface area contributed by atoms with E-state index in [-0.39, 0.29) is 5.69 Å². The van der Waals surface area contributed by atoms with Gasteiger partial charge in [0.2, 0.25) is 0 Å². The Morgan fingerprint density at radius 3 is 2.71 bits per heavy atom. The molecule has 2 aromatic heterocycles. The van der Waals surface area contributed by atoms with Crippen molar-refractivity contribution in [1.82, 2.24) is 19.3 Å². The van der Waals surface area contributed by atoms with Gasteiger partial charge in [-0.3, -0.25) is 14.2 Å². The molecule has 0 unspecified atom stereocenters. The summed E-state index contributed by atoms with van der Waals surface area (Å²) < 4.78 is 14.0. The molecule has 2 aromatic carbocycles. The number of aromatic amines is 1. The first-order chi connectivity index (χ1) is 13.7. The average molecular weight is 376 g/mol. The summed E-state index contributed by atoms with van der Waals surface area (Å²) >= 11 is 0.